The van der Waals surface area contributed by atoms with Gasteiger partial charge >= 0.3 is 0 Å². The standard InChI is InChI=1S/C23H32NO3.CHCl3.CH4O3S/c1-17(2)14-24-9-8-22-15-23(26-10-11-27-23)7-6-21(22,16-24)13-18-4-5-19(25-3)12-20(18)22;2-1(3)4;1-5(2,3)4/h4-5,12,16-17H,6-11,13-15H2,1-3H3;1H;1H3,(H,2,3,4)/q+1;;/p-1/t21-,22+;;/m0../s1. The van der Waals surface area contributed by atoms with Gasteiger partial charge in [0.1, 0.15) is 25.1 Å². The molecule has 2 atom stereocenters. The molecule has 204 valence electrons. The van der Waals surface area contributed by atoms with Crippen LogP contribution in [0.2, 0.25) is 0 Å². The van der Waals surface area contributed by atoms with Crippen LogP contribution < -0.4 is 4.74 Å². The minimum atomic E-state index is -3.92. The zero-order valence-corrected chi connectivity index (χ0v) is 24.4. The lowest BCUT2D eigenvalue weighted by atomic mass is 9.53. The Morgan fingerprint density at radius 1 is 1.14 bits per heavy atom. The van der Waals surface area contributed by atoms with Gasteiger partial charge in [0, 0.05) is 36.9 Å². The third-order valence-corrected chi connectivity index (χ3v) is 7.48. The van der Waals surface area contributed by atoms with E-state index in [0.29, 0.717) is 12.2 Å². The molecule has 1 aromatic carbocycles. The average molecular weight is 585 g/mol. The molecule has 0 aromatic heterocycles. The van der Waals surface area contributed by atoms with Gasteiger partial charge in [-0.1, -0.05) is 54.7 Å². The molecule has 2 heterocycles. The van der Waals surface area contributed by atoms with Gasteiger partial charge in [-0.05, 0) is 36.1 Å². The van der Waals surface area contributed by atoms with E-state index in [2.05, 4.69) is 42.8 Å². The number of alkyl halides is 3. The van der Waals surface area contributed by atoms with Gasteiger partial charge in [0.2, 0.25) is 0 Å². The largest absolute Gasteiger partial charge is 0.748 e. The van der Waals surface area contributed by atoms with Gasteiger partial charge in [0.15, 0.2) is 10.1 Å². The average Bonchev–Trinajstić information content (AvgIpc) is 3.31. The monoisotopic (exact) mass is 583 g/mol. The van der Waals surface area contributed by atoms with Crippen molar-refractivity contribution in [3.63, 3.8) is 0 Å². The fourth-order valence-electron chi connectivity index (χ4n) is 6.43. The van der Waals surface area contributed by atoms with E-state index in [1.807, 2.05) is 0 Å². The summed E-state index contributed by atoms with van der Waals surface area (Å²) in [5, 5.41) is 0. The number of methoxy groups -OCH3 is 1. The molecular weight excluding hydrogens is 549 g/mol. The molecule has 0 amide bonds. The molecule has 4 aliphatic rings. The first-order chi connectivity index (χ1) is 16.7. The van der Waals surface area contributed by atoms with Crippen LogP contribution in [-0.4, -0.2) is 73.5 Å². The summed E-state index contributed by atoms with van der Waals surface area (Å²) in [6.45, 7) is 8.37. The van der Waals surface area contributed by atoms with Crippen molar-refractivity contribution in [3.8, 4) is 5.75 Å². The van der Waals surface area contributed by atoms with Crippen molar-refractivity contribution >= 4 is 51.1 Å². The highest BCUT2D eigenvalue weighted by molar-refractivity contribution is 7.84. The predicted molar refractivity (Wildman–Crippen MR) is 142 cm³/mol. The molecule has 7 nitrogen and oxygen atoms in total. The molecule has 36 heavy (non-hydrogen) atoms. The van der Waals surface area contributed by atoms with Crippen LogP contribution in [-0.2, 0) is 31.4 Å². The molecule has 0 radical (unpaired) electrons. The van der Waals surface area contributed by atoms with Crippen LogP contribution in [0.4, 0.5) is 0 Å². The van der Waals surface area contributed by atoms with Crippen molar-refractivity contribution in [3.05, 3.63) is 29.3 Å². The van der Waals surface area contributed by atoms with Crippen molar-refractivity contribution in [2.24, 2.45) is 11.3 Å². The number of hydrogen-bond acceptors (Lipinski definition) is 6. The van der Waals surface area contributed by atoms with Gasteiger partial charge in [-0.3, -0.25) is 0 Å². The van der Waals surface area contributed by atoms with Gasteiger partial charge in [0.05, 0.1) is 35.9 Å². The van der Waals surface area contributed by atoms with Gasteiger partial charge in [-0.25, -0.2) is 13.0 Å². The molecule has 11 heteroatoms. The Morgan fingerprint density at radius 2 is 1.75 bits per heavy atom. The van der Waals surface area contributed by atoms with Gasteiger partial charge in [-0.2, -0.15) is 0 Å². The number of fused-ring (bicyclic) bond motifs is 1. The SMILES string of the molecule is COc1ccc2c(c1)[C@]13CC[N+](CC(C)C)=C[C@]1(CCC1(C3)OCCO1)C2.CS(=O)(=O)[O-].ClC(Cl)Cl. The normalized spacial score (nSPS) is 27.8. The summed E-state index contributed by atoms with van der Waals surface area (Å²) < 4.78 is 47.1. The molecule has 1 saturated heterocycles. The van der Waals surface area contributed by atoms with Crippen LogP contribution in [0.15, 0.2) is 18.2 Å². The summed E-state index contributed by atoms with van der Waals surface area (Å²) in [5.41, 5.74) is 3.27. The summed E-state index contributed by atoms with van der Waals surface area (Å²) in [6, 6.07) is 6.72. The topological polar surface area (TPSA) is 87.9 Å². The second kappa shape index (κ2) is 11.6. The summed E-state index contributed by atoms with van der Waals surface area (Å²) >= 11 is 14.4. The van der Waals surface area contributed by atoms with E-state index in [9.17, 15) is 0 Å². The lowest BCUT2D eigenvalue weighted by Crippen LogP contribution is -2.59. The highest BCUT2D eigenvalue weighted by Gasteiger charge is 2.67. The lowest BCUT2D eigenvalue weighted by Gasteiger charge is -2.53. The van der Waals surface area contributed by atoms with Gasteiger partial charge in [0.25, 0.3) is 0 Å². The molecule has 2 aliphatic carbocycles. The number of benzene rings is 1. The first-order valence-corrected chi connectivity index (χ1v) is 15.2. The second-order valence-electron chi connectivity index (χ2n) is 10.4. The minimum absolute atomic E-state index is 0.104. The van der Waals surface area contributed by atoms with E-state index >= 15 is 0 Å². The van der Waals surface area contributed by atoms with Crippen LogP contribution >= 0.6 is 34.8 Å². The van der Waals surface area contributed by atoms with Crippen molar-refractivity contribution in [1.82, 2.24) is 0 Å². The molecule has 2 aliphatic heterocycles. The van der Waals surface area contributed by atoms with Gasteiger partial charge in [-0.15, -0.1) is 0 Å². The van der Waals surface area contributed by atoms with E-state index in [4.69, 9.17) is 62.0 Å². The van der Waals surface area contributed by atoms with Crippen molar-refractivity contribution in [2.45, 2.75) is 61.4 Å². The number of hydrogen-bond donors (Lipinski definition) is 0. The van der Waals surface area contributed by atoms with Crippen LogP contribution in [0.25, 0.3) is 0 Å². The van der Waals surface area contributed by atoms with E-state index in [0.717, 1.165) is 57.7 Å². The Hall–Kier alpha value is -0.610. The molecule has 1 spiro atoms. The van der Waals surface area contributed by atoms with Crippen LogP contribution in [0.3, 0.4) is 0 Å². The highest BCUT2D eigenvalue weighted by Crippen LogP contribution is 2.64. The third kappa shape index (κ3) is 6.87. The van der Waals surface area contributed by atoms with Crippen LogP contribution in [0.5, 0.6) is 5.75 Å². The minimum Gasteiger partial charge on any atom is -0.748 e. The van der Waals surface area contributed by atoms with E-state index in [1.165, 1.54) is 17.5 Å². The van der Waals surface area contributed by atoms with E-state index in [1.54, 1.807) is 7.11 Å². The Morgan fingerprint density at radius 3 is 2.31 bits per heavy atom. The third-order valence-electron chi connectivity index (χ3n) is 7.48. The molecule has 0 N–H and O–H groups in total. The maximum Gasteiger partial charge on any atom is 0.180 e. The second-order valence-corrected chi connectivity index (χ2v) is 13.8. The lowest BCUT2D eigenvalue weighted by molar-refractivity contribution is -0.542. The predicted octanol–water partition coefficient (Wildman–Crippen LogP) is 4.69. The Balaban J connectivity index is 0.000000348. The number of halogens is 3. The fraction of sp³-hybridized carbons (Fsp3) is 0.720. The van der Waals surface area contributed by atoms with E-state index < -0.39 is 14.4 Å². The smallest absolute Gasteiger partial charge is 0.180 e. The van der Waals surface area contributed by atoms with Crippen molar-refractivity contribution in [2.75, 3.05) is 39.7 Å². The van der Waals surface area contributed by atoms with Crippen LogP contribution in [0.1, 0.15) is 50.7 Å². The molecule has 1 saturated carbocycles. The van der Waals surface area contributed by atoms with Gasteiger partial charge < -0.3 is 18.8 Å². The molecule has 0 unspecified atom stereocenters. The number of ether oxygens (including phenoxy) is 3. The summed E-state index contributed by atoms with van der Waals surface area (Å²) in [6.07, 6.45) is 8.65. The maximum absolute atomic E-state index is 9.08. The zero-order chi connectivity index (χ0) is 26.8. The first-order valence-electron chi connectivity index (χ1n) is 12.1. The molecular formula is C25H36Cl3NO6S. The maximum atomic E-state index is 9.08. The zero-order valence-electron chi connectivity index (χ0n) is 21.3. The van der Waals surface area contributed by atoms with Crippen molar-refractivity contribution in [1.29, 1.82) is 0 Å². The summed E-state index contributed by atoms with van der Waals surface area (Å²) in [7, 11) is -2.15. The molecule has 0 bridgehead atoms. The first kappa shape index (κ1) is 29.9. The summed E-state index contributed by atoms with van der Waals surface area (Å²) in [4.78, 5) is 0. The van der Waals surface area contributed by atoms with Crippen LogP contribution in [0, 0.1) is 11.3 Å². The van der Waals surface area contributed by atoms with Crippen molar-refractivity contribution < 1.29 is 31.8 Å². The molecule has 1 aromatic rings. The Kier molecular flexibility index (Phi) is 9.68. The fourth-order valence-corrected chi connectivity index (χ4v) is 6.43. The number of nitrogens with zero attached hydrogens (tertiary/aromatic N) is 1. The Labute approximate surface area is 229 Å². The molecule has 5 rings (SSSR count). The quantitative estimate of drug-likeness (QED) is 0.291. The number of rotatable bonds is 3. The Bertz CT molecular complexity index is 1050. The van der Waals surface area contributed by atoms with E-state index in [-0.39, 0.29) is 16.6 Å². The highest BCUT2D eigenvalue weighted by atomic mass is 35.6. The summed E-state index contributed by atoms with van der Waals surface area (Å²) in [5.74, 6) is 1.28. The molecule has 2 fully saturated rings.